The van der Waals surface area contributed by atoms with Gasteiger partial charge < -0.3 is 10.1 Å². The number of fused-ring (bicyclic) bond motifs is 1. The molecule has 2 aromatic heterocycles. The van der Waals surface area contributed by atoms with Gasteiger partial charge in [0.15, 0.2) is 0 Å². The quantitative estimate of drug-likeness (QED) is 0.780. The van der Waals surface area contributed by atoms with Crippen molar-refractivity contribution < 1.29 is 4.74 Å². The van der Waals surface area contributed by atoms with Crippen LogP contribution in [0.3, 0.4) is 0 Å². The van der Waals surface area contributed by atoms with Crippen molar-refractivity contribution in [2.75, 3.05) is 19.0 Å². The predicted octanol–water partition coefficient (Wildman–Crippen LogP) is 2.51. The minimum absolute atomic E-state index is 0.341. The summed E-state index contributed by atoms with van der Waals surface area (Å²) in [6.07, 6.45) is 0.566. The Morgan fingerprint density at radius 3 is 2.76 bits per heavy atom. The van der Waals surface area contributed by atoms with Crippen molar-refractivity contribution in [2.45, 2.75) is 13.3 Å². The highest BCUT2D eigenvalue weighted by molar-refractivity contribution is 7.18. The molecule has 3 aromatic rings. The van der Waals surface area contributed by atoms with Gasteiger partial charge in [0, 0.05) is 7.05 Å². The Morgan fingerprint density at radius 2 is 2.00 bits per heavy atom. The van der Waals surface area contributed by atoms with E-state index in [0.29, 0.717) is 30.8 Å². The van der Waals surface area contributed by atoms with E-state index in [1.54, 1.807) is 18.4 Å². The molecule has 0 saturated carbocycles. The summed E-state index contributed by atoms with van der Waals surface area (Å²) in [7, 11) is 1.77. The molecule has 2 heterocycles. The topological polar surface area (TPSA) is 72.8 Å². The van der Waals surface area contributed by atoms with E-state index < -0.39 is 0 Å². The molecule has 0 amide bonds. The molecule has 0 aliphatic rings. The van der Waals surface area contributed by atoms with E-state index >= 15 is 0 Å². The fourth-order valence-electron chi connectivity index (χ4n) is 1.91. The summed E-state index contributed by atoms with van der Waals surface area (Å²) in [6.45, 7) is 2.42. The minimum Gasteiger partial charge on any atom is -0.464 e. The van der Waals surface area contributed by atoms with Crippen molar-refractivity contribution in [3.05, 3.63) is 35.1 Å². The fraction of sp³-hybridized carbons (Fsp3) is 0.286. The molecule has 0 spiro atoms. The van der Waals surface area contributed by atoms with E-state index in [-0.39, 0.29) is 0 Å². The molecule has 0 fully saturated rings. The van der Waals surface area contributed by atoms with Crippen LogP contribution in [0.1, 0.15) is 17.8 Å². The molecule has 0 bridgehead atoms. The number of nitrogens with zero attached hydrogens (tertiary/aromatic N) is 4. The zero-order valence-electron chi connectivity index (χ0n) is 11.8. The Labute approximate surface area is 126 Å². The number of rotatable bonds is 5. The van der Waals surface area contributed by atoms with Crippen LogP contribution < -0.4 is 10.1 Å². The summed E-state index contributed by atoms with van der Waals surface area (Å²) in [6, 6.07) is 8.41. The van der Waals surface area contributed by atoms with Crippen LogP contribution in [0, 0.1) is 0 Å². The number of hydrogen-bond acceptors (Lipinski definition) is 7. The lowest BCUT2D eigenvalue weighted by molar-refractivity contribution is 0.310. The minimum atomic E-state index is 0.341. The lowest BCUT2D eigenvalue weighted by Gasteiger charge is -2.05. The van der Waals surface area contributed by atoms with Gasteiger partial charge in [0.1, 0.15) is 10.8 Å². The molecule has 108 valence electrons. The lowest BCUT2D eigenvalue weighted by Crippen LogP contribution is -2.07. The lowest BCUT2D eigenvalue weighted by atomic mass is 10.3. The third kappa shape index (κ3) is 3.08. The average molecular weight is 301 g/mol. The van der Waals surface area contributed by atoms with Gasteiger partial charge in [-0.1, -0.05) is 12.1 Å². The van der Waals surface area contributed by atoms with E-state index in [4.69, 9.17) is 4.74 Å². The second-order valence-corrected chi connectivity index (χ2v) is 5.41. The maximum absolute atomic E-state index is 5.37. The standard InChI is InChI=1S/C14H15N5OS/c1-3-20-14-18-11(17-13(15-2)19-14)8-12-16-9-6-4-5-7-10(9)21-12/h4-7H,3,8H2,1-2H3,(H,15,17,18,19). The molecule has 0 saturated heterocycles. The molecular weight excluding hydrogens is 286 g/mol. The number of para-hydroxylation sites is 1. The summed E-state index contributed by atoms with van der Waals surface area (Å²) in [4.78, 5) is 17.4. The molecule has 7 heteroatoms. The van der Waals surface area contributed by atoms with E-state index in [1.165, 1.54) is 4.70 Å². The van der Waals surface area contributed by atoms with Gasteiger partial charge in [-0.3, -0.25) is 0 Å². The molecule has 3 rings (SSSR count). The van der Waals surface area contributed by atoms with Crippen LogP contribution in [0.4, 0.5) is 5.95 Å². The summed E-state index contributed by atoms with van der Waals surface area (Å²) in [5, 5.41) is 3.90. The fourth-order valence-corrected chi connectivity index (χ4v) is 2.88. The molecule has 0 atom stereocenters. The van der Waals surface area contributed by atoms with Gasteiger partial charge in [0.25, 0.3) is 0 Å². The van der Waals surface area contributed by atoms with Crippen LogP contribution in [0.15, 0.2) is 24.3 Å². The van der Waals surface area contributed by atoms with E-state index in [1.807, 2.05) is 25.1 Å². The summed E-state index contributed by atoms with van der Waals surface area (Å²) in [5.41, 5.74) is 1.01. The van der Waals surface area contributed by atoms with Gasteiger partial charge in [-0.05, 0) is 19.1 Å². The molecule has 1 aromatic carbocycles. The zero-order valence-corrected chi connectivity index (χ0v) is 12.6. The van der Waals surface area contributed by atoms with Crippen molar-refractivity contribution >= 4 is 27.5 Å². The molecule has 0 radical (unpaired) electrons. The summed E-state index contributed by atoms with van der Waals surface area (Å²) >= 11 is 1.65. The van der Waals surface area contributed by atoms with Crippen molar-refractivity contribution in [2.24, 2.45) is 0 Å². The molecule has 6 nitrogen and oxygen atoms in total. The van der Waals surface area contributed by atoms with Gasteiger partial charge in [-0.2, -0.15) is 15.0 Å². The Hall–Kier alpha value is -2.28. The Kier molecular flexibility index (Phi) is 3.92. The number of nitrogens with one attached hydrogen (secondary N) is 1. The molecule has 0 aliphatic carbocycles. The van der Waals surface area contributed by atoms with Crippen LogP contribution in [-0.4, -0.2) is 33.6 Å². The van der Waals surface area contributed by atoms with E-state index in [0.717, 1.165) is 10.5 Å². The Balaban J connectivity index is 1.90. The van der Waals surface area contributed by atoms with Crippen molar-refractivity contribution in [3.8, 4) is 6.01 Å². The van der Waals surface area contributed by atoms with Crippen LogP contribution in [0.25, 0.3) is 10.2 Å². The second kappa shape index (κ2) is 6.01. The Bertz CT molecular complexity index is 725. The van der Waals surface area contributed by atoms with Gasteiger partial charge in [0.2, 0.25) is 5.95 Å². The van der Waals surface area contributed by atoms with Crippen molar-refractivity contribution in [1.82, 2.24) is 19.9 Å². The summed E-state index contributed by atoms with van der Waals surface area (Å²) < 4.78 is 6.53. The van der Waals surface area contributed by atoms with E-state index in [2.05, 4.69) is 31.3 Å². The SMILES string of the molecule is CCOc1nc(Cc2nc3ccccc3s2)nc(NC)n1. The number of anilines is 1. The van der Waals surface area contributed by atoms with Crippen molar-refractivity contribution in [3.63, 3.8) is 0 Å². The maximum atomic E-state index is 5.37. The molecule has 0 unspecified atom stereocenters. The van der Waals surface area contributed by atoms with Crippen LogP contribution in [0.2, 0.25) is 0 Å². The van der Waals surface area contributed by atoms with Crippen LogP contribution in [0.5, 0.6) is 6.01 Å². The maximum Gasteiger partial charge on any atom is 0.321 e. The zero-order chi connectivity index (χ0) is 14.7. The van der Waals surface area contributed by atoms with Crippen LogP contribution in [-0.2, 0) is 6.42 Å². The first-order chi connectivity index (χ1) is 10.3. The van der Waals surface area contributed by atoms with E-state index in [9.17, 15) is 0 Å². The van der Waals surface area contributed by atoms with Gasteiger partial charge in [-0.15, -0.1) is 11.3 Å². The molecular formula is C14H15N5OS. The van der Waals surface area contributed by atoms with Gasteiger partial charge >= 0.3 is 6.01 Å². The first kappa shape index (κ1) is 13.7. The smallest absolute Gasteiger partial charge is 0.321 e. The van der Waals surface area contributed by atoms with Gasteiger partial charge in [-0.25, -0.2) is 4.98 Å². The number of thiazole rings is 1. The van der Waals surface area contributed by atoms with Crippen molar-refractivity contribution in [1.29, 1.82) is 0 Å². The average Bonchev–Trinajstić information content (AvgIpc) is 2.89. The molecule has 1 N–H and O–H groups in total. The largest absolute Gasteiger partial charge is 0.464 e. The number of ether oxygens (including phenoxy) is 1. The highest BCUT2D eigenvalue weighted by Crippen LogP contribution is 2.23. The third-order valence-corrected chi connectivity index (χ3v) is 3.84. The number of aromatic nitrogens is 4. The van der Waals surface area contributed by atoms with Gasteiger partial charge in [0.05, 0.1) is 23.2 Å². The molecule has 21 heavy (non-hydrogen) atoms. The monoisotopic (exact) mass is 301 g/mol. The van der Waals surface area contributed by atoms with Crippen LogP contribution >= 0.6 is 11.3 Å². The number of benzene rings is 1. The highest BCUT2D eigenvalue weighted by Gasteiger charge is 2.10. The first-order valence-corrected chi connectivity index (χ1v) is 7.50. The number of hydrogen-bond donors (Lipinski definition) is 1. The highest BCUT2D eigenvalue weighted by atomic mass is 32.1. The third-order valence-electron chi connectivity index (χ3n) is 2.81. The second-order valence-electron chi connectivity index (χ2n) is 4.29. The summed E-state index contributed by atoms with van der Waals surface area (Å²) in [5.74, 6) is 1.15. The normalized spacial score (nSPS) is 10.8. The molecule has 0 aliphatic heterocycles. The Morgan fingerprint density at radius 1 is 1.14 bits per heavy atom. The first-order valence-electron chi connectivity index (χ1n) is 6.68. The predicted molar refractivity (Wildman–Crippen MR) is 83.0 cm³/mol.